The van der Waals surface area contributed by atoms with Gasteiger partial charge in [0.1, 0.15) is 5.69 Å². The van der Waals surface area contributed by atoms with Crippen LogP contribution < -0.4 is 5.32 Å². The highest BCUT2D eigenvalue weighted by Gasteiger charge is 2.22. The first-order valence-corrected chi connectivity index (χ1v) is 3.93. The van der Waals surface area contributed by atoms with Crippen molar-refractivity contribution in [1.29, 1.82) is 0 Å². The molecule has 0 radical (unpaired) electrons. The molecule has 0 atom stereocenters. The standard InChI is InChI=1S/C8H11NO5/c1-2-9-3-4(10)6(12)8(14)7(13)5(3)11/h9-14H,2H2,1H3. The van der Waals surface area contributed by atoms with E-state index in [9.17, 15) is 10.2 Å². The van der Waals surface area contributed by atoms with E-state index in [-0.39, 0.29) is 5.69 Å². The summed E-state index contributed by atoms with van der Waals surface area (Å²) in [4.78, 5) is 0. The van der Waals surface area contributed by atoms with Gasteiger partial charge in [0.05, 0.1) is 0 Å². The Morgan fingerprint density at radius 2 is 1.14 bits per heavy atom. The van der Waals surface area contributed by atoms with Crippen molar-refractivity contribution < 1.29 is 25.5 Å². The van der Waals surface area contributed by atoms with E-state index < -0.39 is 28.7 Å². The Morgan fingerprint density at radius 1 is 0.786 bits per heavy atom. The molecule has 0 spiro atoms. The maximum Gasteiger partial charge on any atom is 0.208 e. The molecule has 14 heavy (non-hydrogen) atoms. The Labute approximate surface area is 79.7 Å². The van der Waals surface area contributed by atoms with Crippen LogP contribution >= 0.6 is 0 Å². The molecule has 6 N–H and O–H groups in total. The van der Waals surface area contributed by atoms with Crippen LogP contribution in [0.1, 0.15) is 6.92 Å². The van der Waals surface area contributed by atoms with Gasteiger partial charge < -0.3 is 30.8 Å². The molecule has 0 amide bonds. The average molecular weight is 201 g/mol. The Bertz CT molecular complexity index is 334. The molecule has 0 heterocycles. The molecule has 1 aromatic carbocycles. The second-order valence-corrected chi connectivity index (χ2v) is 2.65. The zero-order valence-electron chi connectivity index (χ0n) is 7.44. The van der Waals surface area contributed by atoms with Gasteiger partial charge in [0.15, 0.2) is 11.5 Å². The Morgan fingerprint density at radius 3 is 1.50 bits per heavy atom. The van der Waals surface area contributed by atoms with Crippen LogP contribution in [0.4, 0.5) is 5.69 Å². The van der Waals surface area contributed by atoms with Crippen molar-refractivity contribution in [3.05, 3.63) is 0 Å². The number of nitrogens with one attached hydrogen (secondary N) is 1. The van der Waals surface area contributed by atoms with Crippen LogP contribution in [0.3, 0.4) is 0 Å². The summed E-state index contributed by atoms with van der Waals surface area (Å²) in [7, 11) is 0. The summed E-state index contributed by atoms with van der Waals surface area (Å²) in [5, 5.41) is 48.3. The van der Waals surface area contributed by atoms with Crippen molar-refractivity contribution in [2.45, 2.75) is 6.92 Å². The van der Waals surface area contributed by atoms with E-state index in [1.165, 1.54) is 0 Å². The molecule has 6 heteroatoms. The minimum atomic E-state index is -0.957. The average Bonchev–Trinajstić information content (AvgIpc) is 2.19. The van der Waals surface area contributed by atoms with Gasteiger partial charge in [0, 0.05) is 6.54 Å². The quantitative estimate of drug-likeness (QED) is 0.309. The number of rotatable bonds is 2. The lowest BCUT2D eigenvalue weighted by atomic mass is 10.2. The summed E-state index contributed by atoms with van der Waals surface area (Å²) in [5.41, 5.74) is -0.222. The normalized spacial score (nSPS) is 10.1. The minimum Gasteiger partial charge on any atom is -0.503 e. The van der Waals surface area contributed by atoms with Crippen molar-refractivity contribution in [1.82, 2.24) is 0 Å². The lowest BCUT2D eigenvalue weighted by molar-refractivity contribution is 0.330. The molecule has 0 aliphatic carbocycles. The van der Waals surface area contributed by atoms with E-state index in [1.54, 1.807) is 6.92 Å². The van der Waals surface area contributed by atoms with Crippen LogP contribution in [0.5, 0.6) is 28.7 Å². The molecular weight excluding hydrogens is 190 g/mol. The first kappa shape index (κ1) is 10.1. The number of hydrogen-bond acceptors (Lipinski definition) is 6. The van der Waals surface area contributed by atoms with E-state index in [2.05, 4.69) is 5.32 Å². The third kappa shape index (κ3) is 1.30. The summed E-state index contributed by atoms with van der Waals surface area (Å²) >= 11 is 0. The monoisotopic (exact) mass is 201 g/mol. The summed E-state index contributed by atoms with van der Waals surface area (Å²) in [6, 6.07) is 0. The van der Waals surface area contributed by atoms with Crippen molar-refractivity contribution >= 4 is 5.69 Å². The molecule has 1 aromatic rings. The highest BCUT2D eigenvalue weighted by Crippen LogP contribution is 2.53. The van der Waals surface area contributed by atoms with Crippen molar-refractivity contribution in [2.24, 2.45) is 0 Å². The number of hydrogen-bond donors (Lipinski definition) is 6. The lowest BCUT2D eigenvalue weighted by Gasteiger charge is -2.12. The fourth-order valence-corrected chi connectivity index (χ4v) is 1.03. The summed E-state index contributed by atoms with van der Waals surface area (Å²) in [6.45, 7) is 2.06. The molecule has 0 aromatic heterocycles. The zero-order chi connectivity index (χ0) is 10.9. The van der Waals surface area contributed by atoms with Crippen molar-refractivity contribution in [2.75, 3.05) is 11.9 Å². The first-order chi connectivity index (χ1) is 6.50. The second-order valence-electron chi connectivity index (χ2n) is 2.65. The molecule has 78 valence electrons. The number of aromatic hydroxyl groups is 5. The van der Waals surface area contributed by atoms with Gasteiger partial charge in [-0.2, -0.15) is 0 Å². The molecular formula is C8H11NO5. The largest absolute Gasteiger partial charge is 0.503 e. The van der Waals surface area contributed by atoms with Crippen LogP contribution in [0, 0.1) is 0 Å². The summed E-state index contributed by atoms with van der Waals surface area (Å²) in [5.74, 6) is -4.13. The van der Waals surface area contributed by atoms with Crippen LogP contribution in [-0.2, 0) is 0 Å². The molecule has 6 nitrogen and oxygen atoms in total. The van der Waals surface area contributed by atoms with Crippen molar-refractivity contribution in [3.63, 3.8) is 0 Å². The van der Waals surface area contributed by atoms with Crippen LogP contribution in [0.25, 0.3) is 0 Å². The Kier molecular flexibility index (Phi) is 2.46. The third-order valence-electron chi connectivity index (χ3n) is 1.72. The van der Waals surface area contributed by atoms with Crippen LogP contribution in [0.15, 0.2) is 0 Å². The van der Waals surface area contributed by atoms with Crippen LogP contribution in [-0.4, -0.2) is 32.1 Å². The van der Waals surface area contributed by atoms with E-state index in [1.807, 2.05) is 0 Å². The number of anilines is 1. The molecule has 0 fully saturated rings. The highest BCUT2D eigenvalue weighted by atomic mass is 16.4. The maximum absolute atomic E-state index is 9.27. The fraction of sp³-hybridized carbons (Fsp3) is 0.250. The molecule has 1 rings (SSSR count). The lowest BCUT2D eigenvalue weighted by Crippen LogP contribution is -1.97. The number of benzene rings is 1. The van der Waals surface area contributed by atoms with E-state index in [0.717, 1.165) is 0 Å². The van der Waals surface area contributed by atoms with Gasteiger partial charge in [-0.05, 0) is 6.92 Å². The van der Waals surface area contributed by atoms with Gasteiger partial charge in [-0.3, -0.25) is 0 Å². The van der Waals surface area contributed by atoms with E-state index in [4.69, 9.17) is 15.3 Å². The first-order valence-electron chi connectivity index (χ1n) is 3.93. The SMILES string of the molecule is CCNc1c(O)c(O)c(O)c(O)c1O. The summed E-state index contributed by atoms with van der Waals surface area (Å²) in [6.07, 6.45) is 0. The molecule has 0 bridgehead atoms. The van der Waals surface area contributed by atoms with Gasteiger partial charge in [0.25, 0.3) is 0 Å². The highest BCUT2D eigenvalue weighted by molar-refractivity contribution is 5.79. The van der Waals surface area contributed by atoms with E-state index >= 15 is 0 Å². The number of phenols is 5. The third-order valence-corrected chi connectivity index (χ3v) is 1.72. The zero-order valence-corrected chi connectivity index (χ0v) is 7.44. The fourth-order valence-electron chi connectivity index (χ4n) is 1.03. The predicted molar refractivity (Wildman–Crippen MR) is 48.9 cm³/mol. The molecule has 0 aliphatic heterocycles. The second kappa shape index (κ2) is 3.41. The smallest absolute Gasteiger partial charge is 0.208 e. The van der Waals surface area contributed by atoms with Gasteiger partial charge in [-0.25, -0.2) is 0 Å². The predicted octanol–water partition coefficient (Wildman–Crippen LogP) is 0.646. The molecule has 0 unspecified atom stereocenters. The Hall–Kier alpha value is -1.98. The summed E-state index contributed by atoms with van der Waals surface area (Å²) < 4.78 is 0. The van der Waals surface area contributed by atoms with Gasteiger partial charge >= 0.3 is 0 Å². The molecule has 0 saturated heterocycles. The van der Waals surface area contributed by atoms with Gasteiger partial charge in [-0.15, -0.1) is 0 Å². The van der Waals surface area contributed by atoms with Gasteiger partial charge in [-0.1, -0.05) is 0 Å². The van der Waals surface area contributed by atoms with Gasteiger partial charge in [0.2, 0.25) is 17.2 Å². The van der Waals surface area contributed by atoms with Crippen molar-refractivity contribution in [3.8, 4) is 28.7 Å². The minimum absolute atomic E-state index is 0.222. The maximum atomic E-state index is 9.27. The molecule has 0 aliphatic rings. The topological polar surface area (TPSA) is 113 Å². The Balaban J connectivity index is 3.43. The van der Waals surface area contributed by atoms with E-state index in [0.29, 0.717) is 6.54 Å². The van der Waals surface area contributed by atoms with Crippen LogP contribution in [0.2, 0.25) is 0 Å². The number of phenolic OH excluding ortho intramolecular Hbond substituents is 5. The molecule has 0 saturated carbocycles.